The van der Waals surface area contributed by atoms with Crippen molar-refractivity contribution < 1.29 is 25.8 Å². The largest absolute Gasteiger partial charge is 0.196 e. The molecule has 4 rings (SSSR count). The molecule has 174 valence electrons. The van der Waals surface area contributed by atoms with E-state index < -0.39 is 0 Å². The van der Waals surface area contributed by atoms with Crippen LogP contribution in [-0.4, -0.2) is 0 Å². The quantitative estimate of drug-likeness (QED) is 0.152. The van der Waals surface area contributed by atoms with Crippen molar-refractivity contribution in [3.05, 3.63) is 68.8 Å². The summed E-state index contributed by atoms with van der Waals surface area (Å²) in [6.45, 7) is 18.1. The van der Waals surface area contributed by atoms with Gasteiger partial charge in [-0.1, -0.05) is 105 Å². The van der Waals surface area contributed by atoms with E-state index in [2.05, 4.69) is 79.7 Å². The summed E-state index contributed by atoms with van der Waals surface area (Å²) < 4.78 is 0. The first-order valence-corrected chi connectivity index (χ1v) is 12.5. The molecular formula is C31H44Hf-2. The van der Waals surface area contributed by atoms with Gasteiger partial charge >= 0.3 is 0 Å². The van der Waals surface area contributed by atoms with Crippen LogP contribution in [0.1, 0.15) is 97.4 Å². The third-order valence-corrected chi connectivity index (χ3v) is 7.88. The van der Waals surface area contributed by atoms with Crippen molar-refractivity contribution in [1.82, 2.24) is 0 Å². The van der Waals surface area contributed by atoms with E-state index in [1.807, 2.05) is 0 Å². The molecule has 0 N–H and O–H groups in total. The van der Waals surface area contributed by atoms with Crippen LogP contribution in [0.3, 0.4) is 0 Å². The molecule has 0 bridgehead atoms. The Morgan fingerprint density at radius 2 is 1.41 bits per heavy atom. The fraction of sp³-hybridized carbons (Fsp3) is 0.548. The number of benzene rings is 1. The van der Waals surface area contributed by atoms with Gasteiger partial charge in [-0.25, -0.2) is 0 Å². The molecule has 0 unspecified atom stereocenters. The van der Waals surface area contributed by atoms with Gasteiger partial charge in [-0.05, 0) is 18.3 Å². The monoisotopic (exact) mass is 596 g/mol. The van der Waals surface area contributed by atoms with Crippen molar-refractivity contribution in [3.63, 3.8) is 0 Å². The summed E-state index contributed by atoms with van der Waals surface area (Å²) in [7, 11) is 0. The fourth-order valence-corrected chi connectivity index (χ4v) is 5.37. The second-order valence-electron chi connectivity index (χ2n) is 10.9. The smallest absolute Gasteiger partial charge is 0 e. The van der Waals surface area contributed by atoms with Crippen molar-refractivity contribution >= 4 is 10.8 Å². The van der Waals surface area contributed by atoms with Crippen LogP contribution in [0, 0.1) is 40.0 Å². The molecule has 3 aromatic rings. The Kier molecular flexibility index (Phi) is 9.77. The van der Waals surface area contributed by atoms with E-state index in [1.165, 1.54) is 90.0 Å². The summed E-state index contributed by atoms with van der Waals surface area (Å²) in [5.74, 6) is 0. The topological polar surface area (TPSA) is 0 Å². The van der Waals surface area contributed by atoms with Crippen molar-refractivity contribution in [2.45, 2.75) is 107 Å². The van der Waals surface area contributed by atoms with Crippen molar-refractivity contribution in [1.29, 1.82) is 0 Å². The standard InChI is InChI=1S/C21H29.C10H15.Hf/c1-4-5-6-7-8-9-16-10-11-17-12-18-14-21(2,3)15-19(18)13-20(16)17;1-6-7(2)9(4)10(5)8(6)3;/h10-13H,4-9,14-15H2,1-3H3;1-5H3;/q2*-1;. The number of hydrogen-bond acceptors (Lipinski definition) is 0. The van der Waals surface area contributed by atoms with Gasteiger partial charge in [0.2, 0.25) is 0 Å². The molecular weight excluding hydrogens is 551 g/mol. The van der Waals surface area contributed by atoms with Crippen LogP contribution in [0.2, 0.25) is 0 Å². The summed E-state index contributed by atoms with van der Waals surface area (Å²) in [5.41, 5.74) is 12.6. The number of unbranched alkanes of at least 4 members (excludes halogenated alkanes) is 4. The zero-order valence-corrected chi connectivity index (χ0v) is 25.6. The molecule has 0 aromatic heterocycles. The predicted molar refractivity (Wildman–Crippen MR) is 139 cm³/mol. The maximum Gasteiger partial charge on any atom is 0 e. The van der Waals surface area contributed by atoms with Crippen LogP contribution >= 0.6 is 0 Å². The number of rotatable bonds is 6. The number of fused-ring (bicyclic) bond motifs is 2. The Hall–Kier alpha value is -0.950. The molecule has 1 aliphatic carbocycles. The molecule has 0 amide bonds. The third-order valence-electron chi connectivity index (χ3n) is 7.88. The molecule has 0 nitrogen and oxygen atoms in total. The van der Waals surface area contributed by atoms with E-state index in [0.29, 0.717) is 5.41 Å². The van der Waals surface area contributed by atoms with Crippen LogP contribution in [0.25, 0.3) is 10.8 Å². The average Bonchev–Trinajstić information content (AvgIpc) is 3.31. The Labute approximate surface area is 216 Å². The van der Waals surface area contributed by atoms with Gasteiger partial charge in [0.25, 0.3) is 0 Å². The van der Waals surface area contributed by atoms with Crippen molar-refractivity contribution in [2.24, 2.45) is 5.41 Å². The van der Waals surface area contributed by atoms with Gasteiger partial charge in [-0.2, -0.15) is 33.9 Å². The molecule has 0 aliphatic heterocycles. The fourth-order valence-electron chi connectivity index (χ4n) is 5.37. The van der Waals surface area contributed by atoms with E-state index >= 15 is 0 Å². The zero-order chi connectivity index (χ0) is 22.8. The maximum absolute atomic E-state index is 2.50. The second kappa shape index (κ2) is 11.5. The van der Waals surface area contributed by atoms with Gasteiger partial charge in [-0.3, -0.25) is 0 Å². The van der Waals surface area contributed by atoms with Gasteiger partial charge in [0, 0.05) is 25.8 Å². The molecule has 0 fully saturated rings. The van der Waals surface area contributed by atoms with Gasteiger partial charge in [0.1, 0.15) is 0 Å². The van der Waals surface area contributed by atoms with E-state index in [4.69, 9.17) is 0 Å². The second-order valence-corrected chi connectivity index (χ2v) is 10.9. The molecule has 0 spiro atoms. The van der Waals surface area contributed by atoms with E-state index in [9.17, 15) is 0 Å². The number of hydrogen-bond donors (Lipinski definition) is 0. The van der Waals surface area contributed by atoms with Crippen LogP contribution in [0.5, 0.6) is 0 Å². The predicted octanol–water partition coefficient (Wildman–Crippen LogP) is 9.14. The van der Waals surface area contributed by atoms with Crippen LogP contribution in [0.4, 0.5) is 0 Å². The number of aryl methyl sites for hydroxylation is 1. The summed E-state index contributed by atoms with van der Waals surface area (Å²) >= 11 is 0. The minimum absolute atomic E-state index is 0. The molecule has 3 aromatic carbocycles. The first-order valence-electron chi connectivity index (χ1n) is 12.5. The van der Waals surface area contributed by atoms with Crippen molar-refractivity contribution in [2.75, 3.05) is 0 Å². The maximum atomic E-state index is 2.50. The van der Waals surface area contributed by atoms with Crippen LogP contribution in [0.15, 0.2) is 24.3 Å². The van der Waals surface area contributed by atoms with E-state index in [-0.39, 0.29) is 25.8 Å². The first kappa shape index (κ1) is 27.3. The summed E-state index contributed by atoms with van der Waals surface area (Å²) in [6.07, 6.45) is 10.6. The molecule has 32 heavy (non-hydrogen) atoms. The third kappa shape index (κ3) is 6.13. The van der Waals surface area contributed by atoms with Crippen LogP contribution in [-0.2, 0) is 45.1 Å². The van der Waals surface area contributed by atoms with Crippen molar-refractivity contribution in [3.8, 4) is 0 Å². The average molecular weight is 595 g/mol. The van der Waals surface area contributed by atoms with E-state index in [0.717, 1.165) is 0 Å². The van der Waals surface area contributed by atoms with Crippen LogP contribution < -0.4 is 0 Å². The normalized spacial score (nSPS) is 14.1. The Morgan fingerprint density at radius 3 is 1.94 bits per heavy atom. The zero-order valence-electron chi connectivity index (χ0n) is 22.0. The Bertz CT molecular complexity index is 945. The van der Waals surface area contributed by atoms with E-state index in [1.54, 1.807) is 16.7 Å². The van der Waals surface area contributed by atoms with Gasteiger partial charge in [0.05, 0.1) is 0 Å². The minimum Gasteiger partial charge on any atom is -0.196 e. The molecule has 0 saturated heterocycles. The Morgan fingerprint density at radius 1 is 0.844 bits per heavy atom. The summed E-state index contributed by atoms with van der Waals surface area (Å²) in [5, 5.41) is 3.00. The molecule has 0 atom stereocenters. The molecule has 1 aliphatic rings. The Balaban J connectivity index is 0.000000280. The summed E-state index contributed by atoms with van der Waals surface area (Å²) in [4.78, 5) is 0. The molecule has 0 heterocycles. The SMILES string of the molecule is CCCCCCC[c-]1ccc2cc3c(cc21)CC(C)(C)C3.Cc1c(C)c(C)[c-](C)c1C.[Hf]. The summed E-state index contributed by atoms with van der Waals surface area (Å²) in [6, 6.07) is 9.66. The molecule has 0 saturated carbocycles. The van der Waals surface area contributed by atoms with Gasteiger partial charge < -0.3 is 0 Å². The first-order chi connectivity index (χ1) is 14.6. The van der Waals surface area contributed by atoms with Gasteiger partial charge in [0.15, 0.2) is 0 Å². The van der Waals surface area contributed by atoms with Gasteiger partial charge in [-0.15, -0.1) is 34.5 Å². The molecule has 0 radical (unpaired) electrons. The molecule has 1 heteroatoms. The minimum atomic E-state index is 0.